The van der Waals surface area contributed by atoms with Crippen LogP contribution >= 0.6 is 11.6 Å². The van der Waals surface area contributed by atoms with Crippen LogP contribution in [-0.4, -0.2) is 61.2 Å². The first-order valence-electron chi connectivity index (χ1n) is 11.2. The Balaban J connectivity index is 1.75. The number of aromatic nitrogens is 2. The van der Waals surface area contributed by atoms with Gasteiger partial charge >= 0.3 is 0 Å². The first-order chi connectivity index (χ1) is 16.3. The molecular weight excluding hydrogens is 454 g/mol. The highest BCUT2D eigenvalue weighted by Gasteiger charge is 2.31. The van der Waals surface area contributed by atoms with Crippen molar-refractivity contribution in [1.82, 2.24) is 14.9 Å². The fourth-order valence-corrected chi connectivity index (χ4v) is 4.88. The summed E-state index contributed by atoms with van der Waals surface area (Å²) >= 11 is 6.70. The van der Waals surface area contributed by atoms with Crippen molar-refractivity contribution >= 4 is 39.9 Å². The largest absolute Gasteiger partial charge is 0.496 e. The minimum atomic E-state index is 0.0972. The van der Waals surface area contributed by atoms with Crippen molar-refractivity contribution < 1.29 is 14.3 Å². The molecule has 0 aliphatic carbocycles. The quantitative estimate of drug-likeness (QED) is 0.529. The molecule has 3 heterocycles. The first kappa shape index (κ1) is 23.9. The molecule has 34 heavy (non-hydrogen) atoms. The molecule has 1 amide bonds. The molecule has 1 aliphatic rings. The summed E-state index contributed by atoms with van der Waals surface area (Å²) in [4.78, 5) is 23.1. The molecule has 0 bridgehead atoms. The van der Waals surface area contributed by atoms with Crippen LogP contribution in [0.15, 0.2) is 24.4 Å². The van der Waals surface area contributed by atoms with Crippen molar-refractivity contribution in [3.63, 3.8) is 0 Å². The Morgan fingerprint density at radius 3 is 2.53 bits per heavy atom. The summed E-state index contributed by atoms with van der Waals surface area (Å²) in [5.74, 6) is 3.08. The summed E-state index contributed by atoms with van der Waals surface area (Å²) < 4.78 is 11.0. The summed E-state index contributed by atoms with van der Waals surface area (Å²) in [5, 5.41) is 9.03. The van der Waals surface area contributed by atoms with Crippen molar-refractivity contribution in [2.45, 2.75) is 26.8 Å². The third-order valence-electron chi connectivity index (χ3n) is 6.48. The highest BCUT2D eigenvalue weighted by molar-refractivity contribution is 6.35. The van der Waals surface area contributed by atoms with E-state index in [4.69, 9.17) is 26.1 Å². The molecule has 3 aromatic rings. The van der Waals surface area contributed by atoms with E-state index in [0.717, 1.165) is 34.3 Å². The summed E-state index contributed by atoms with van der Waals surface area (Å²) in [5.41, 5.74) is 2.32. The number of nitrogens with zero attached hydrogens (tertiary/aromatic N) is 3. The van der Waals surface area contributed by atoms with Crippen LogP contribution in [0.25, 0.3) is 22.0 Å². The Kier molecular flexibility index (Phi) is 6.70. The highest BCUT2D eigenvalue weighted by Crippen LogP contribution is 2.43. The lowest BCUT2D eigenvalue weighted by Gasteiger charge is -2.19. The van der Waals surface area contributed by atoms with Crippen LogP contribution in [0, 0.1) is 12.8 Å². The zero-order valence-corrected chi connectivity index (χ0v) is 21.1. The van der Waals surface area contributed by atoms with Crippen LogP contribution in [0.5, 0.6) is 11.5 Å². The van der Waals surface area contributed by atoms with Crippen LogP contribution in [0.1, 0.15) is 19.4 Å². The van der Waals surface area contributed by atoms with E-state index in [9.17, 15) is 4.79 Å². The lowest BCUT2D eigenvalue weighted by atomic mass is 10.0. The number of rotatable bonds is 6. The van der Waals surface area contributed by atoms with Crippen LogP contribution in [0.3, 0.4) is 0 Å². The van der Waals surface area contributed by atoms with E-state index >= 15 is 0 Å². The van der Waals surface area contributed by atoms with Gasteiger partial charge in [0.25, 0.3) is 0 Å². The molecule has 2 N–H and O–H groups in total. The number of nitrogens with one attached hydrogen (secondary N) is 2. The van der Waals surface area contributed by atoms with Crippen molar-refractivity contribution in [3.05, 3.63) is 35.0 Å². The number of ether oxygens (including phenoxy) is 2. The van der Waals surface area contributed by atoms with E-state index in [1.807, 2.05) is 37.2 Å². The lowest BCUT2D eigenvalue weighted by Crippen LogP contribution is -2.30. The van der Waals surface area contributed by atoms with Gasteiger partial charge in [0.2, 0.25) is 5.91 Å². The molecule has 4 rings (SSSR count). The number of amides is 1. The Hall–Kier alpha value is -3.26. The summed E-state index contributed by atoms with van der Waals surface area (Å²) in [7, 11) is 5.03. The van der Waals surface area contributed by atoms with Gasteiger partial charge in [-0.15, -0.1) is 0 Å². The molecule has 1 saturated heterocycles. The molecule has 8 nitrogen and oxygen atoms in total. The summed E-state index contributed by atoms with van der Waals surface area (Å²) in [6.45, 7) is 7.11. The minimum Gasteiger partial charge on any atom is -0.496 e. The average Bonchev–Trinajstić information content (AvgIpc) is 3.19. The molecule has 0 spiro atoms. The lowest BCUT2D eigenvalue weighted by molar-refractivity contribution is -0.127. The van der Waals surface area contributed by atoms with E-state index in [1.165, 1.54) is 0 Å². The molecular formula is C25H30ClN5O3. The van der Waals surface area contributed by atoms with Gasteiger partial charge in [0.15, 0.2) is 0 Å². The standard InChI is InChI=1S/C25H30ClN5O3/c1-13-11-31(15(3)32)12-19(13)29-22-8-17-16(10-28-22)7-18(30-25(17)27-4)23-14(2)20(33-5)9-21(34-6)24(23)26/h7-10,13,19H,11-12H2,1-6H3,(H,27,30)(H,28,29)/t13-,19+/m0/s1. The van der Waals surface area contributed by atoms with E-state index in [2.05, 4.69) is 22.5 Å². The van der Waals surface area contributed by atoms with Gasteiger partial charge in [-0.1, -0.05) is 18.5 Å². The van der Waals surface area contributed by atoms with E-state index in [0.29, 0.717) is 40.5 Å². The maximum Gasteiger partial charge on any atom is 0.219 e. The molecule has 0 unspecified atom stereocenters. The Morgan fingerprint density at radius 1 is 1.18 bits per heavy atom. The summed E-state index contributed by atoms with van der Waals surface area (Å²) in [6, 6.07) is 5.87. The van der Waals surface area contributed by atoms with Crippen molar-refractivity contribution in [3.8, 4) is 22.8 Å². The zero-order chi connectivity index (χ0) is 24.6. The number of pyridine rings is 2. The number of likely N-dealkylation sites (tertiary alicyclic amines) is 1. The number of halogens is 1. The third kappa shape index (κ3) is 4.30. The van der Waals surface area contributed by atoms with Gasteiger partial charge in [0.1, 0.15) is 23.1 Å². The number of methoxy groups -OCH3 is 2. The average molecular weight is 484 g/mol. The van der Waals surface area contributed by atoms with Crippen molar-refractivity contribution in [2.75, 3.05) is 45.0 Å². The Bertz CT molecular complexity index is 1220. The normalized spacial score (nSPS) is 17.7. The smallest absolute Gasteiger partial charge is 0.219 e. The molecule has 9 heteroatoms. The molecule has 0 saturated carbocycles. The van der Waals surface area contributed by atoms with E-state index in [-0.39, 0.29) is 11.9 Å². The molecule has 180 valence electrons. The zero-order valence-electron chi connectivity index (χ0n) is 20.3. The maximum absolute atomic E-state index is 11.8. The Labute approximate surface area is 204 Å². The maximum atomic E-state index is 11.8. The summed E-state index contributed by atoms with van der Waals surface area (Å²) in [6.07, 6.45) is 1.83. The van der Waals surface area contributed by atoms with E-state index < -0.39 is 0 Å². The number of hydrogen-bond donors (Lipinski definition) is 2. The molecule has 1 fully saturated rings. The monoisotopic (exact) mass is 483 g/mol. The predicted molar refractivity (Wildman–Crippen MR) is 136 cm³/mol. The second kappa shape index (κ2) is 9.54. The highest BCUT2D eigenvalue weighted by atomic mass is 35.5. The van der Waals surface area contributed by atoms with Gasteiger partial charge in [-0.05, 0) is 25.0 Å². The minimum absolute atomic E-state index is 0.0972. The number of fused-ring (bicyclic) bond motifs is 1. The molecule has 2 atom stereocenters. The Morgan fingerprint density at radius 2 is 1.91 bits per heavy atom. The van der Waals surface area contributed by atoms with Crippen molar-refractivity contribution in [1.29, 1.82) is 0 Å². The topological polar surface area (TPSA) is 88.6 Å². The number of carbonyl (C=O) groups excluding carboxylic acids is 1. The predicted octanol–water partition coefficient (Wildman–Crippen LogP) is 4.60. The van der Waals surface area contributed by atoms with Crippen LogP contribution in [-0.2, 0) is 4.79 Å². The molecule has 1 aliphatic heterocycles. The van der Waals surface area contributed by atoms with Gasteiger partial charge < -0.3 is 25.0 Å². The van der Waals surface area contributed by atoms with Crippen LogP contribution in [0.2, 0.25) is 5.02 Å². The van der Waals surface area contributed by atoms with Crippen molar-refractivity contribution in [2.24, 2.45) is 5.92 Å². The van der Waals surface area contributed by atoms with E-state index in [1.54, 1.807) is 27.2 Å². The molecule has 0 radical (unpaired) electrons. The number of carbonyl (C=O) groups is 1. The number of anilines is 2. The van der Waals surface area contributed by atoms with Gasteiger partial charge in [0.05, 0.1) is 24.9 Å². The molecule has 2 aromatic heterocycles. The third-order valence-corrected chi connectivity index (χ3v) is 6.86. The number of benzene rings is 1. The second-order valence-corrected chi connectivity index (χ2v) is 9.02. The fraction of sp³-hybridized carbons (Fsp3) is 0.400. The fourth-order valence-electron chi connectivity index (χ4n) is 4.51. The van der Waals surface area contributed by atoms with Gasteiger partial charge in [-0.2, -0.15) is 0 Å². The van der Waals surface area contributed by atoms with Gasteiger partial charge in [0, 0.05) is 67.3 Å². The second-order valence-electron chi connectivity index (χ2n) is 8.64. The van der Waals surface area contributed by atoms with Gasteiger partial charge in [-0.25, -0.2) is 9.97 Å². The van der Waals surface area contributed by atoms with Gasteiger partial charge in [-0.3, -0.25) is 4.79 Å². The van der Waals surface area contributed by atoms with Crippen LogP contribution < -0.4 is 20.1 Å². The first-order valence-corrected chi connectivity index (χ1v) is 11.6. The SMILES string of the molecule is CNc1nc(-c2c(C)c(OC)cc(OC)c2Cl)cc2cnc(N[C@@H]3CN(C(C)=O)C[C@@H]3C)cc12. The van der Waals surface area contributed by atoms with Crippen LogP contribution in [0.4, 0.5) is 11.6 Å². The molecule has 1 aromatic carbocycles. The number of hydrogen-bond acceptors (Lipinski definition) is 7.